The van der Waals surface area contributed by atoms with Crippen LogP contribution in [-0.2, 0) is 10.2 Å². The summed E-state index contributed by atoms with van der Waals surface area (Å²) < 4.78 is 5.54. The maximum Gasteiger partial charge on any atom is 0.294 e. The summed E-state index contributed by atoms with van der Waals surface area (Å²) in [6, 6.07) is 12.4. The minimum absolute atomic E-state index is 0.0200. The predicted octanol–water partition coefficient (Wildman–Crippen LogP) is 3.32. The van der Waals surface area contributed by atoms with E-state index in [2.05, 4.69) is 31.4 Å². The van der Waals surface area contributed by atoms with Gasteiger partial charge in [-0.3, -0.25) is 14.9 Å². The Kier molecular flexibility index (Phi) is 6.56. The molecule has 8 heteroatoms. The van der Waals surface area contributed by atoms with Gasteiger partial charge in [-0.1, -0.05) is 32.9 Å². The first-order chi connectivity index (χ1) is 14.2. The second kappa shape index (κ2) is 9.13. The van der Waals surface area contributed by atoms with Gasteiger partial charge in [-0.05, 0) is 35.2 Å². The fourth-order valence-electron chi connectivity index (χ4n) is 3.32. The summed E-state index contributed by atoms with van der Waals surface area (Å²) in [5.41, 5.74) is 2.14. The van der Waals surface area contributed by atoms with Gasteiger partial charge in [0.2, 0.25) is 0 Å². The van der Waals surface area contributed by atoms with E-state index in [-0.39, 0.29) is 23.6 Å². The first-order valence-corrected chi connectivity index (χ1v) is 10.0. The highest BCUT2D eigenvalue weighted by Gasteiger charge is 2.22. The van der Waals surface area contributed by atoms with Crippen molar-refractivity contribution in [1.82, 2.24) is 5.32 Å². The molecule has 3 rings (SSSR count). The molecular formula is C22H28N4O4. The van der Waals surface area contributed by atoms with E-state index in [1.54, 1.807) is 12.1 Å². The molecule has 0 bridgehead atoms. The number of amides is 1. The normalized spacial score (nSPS) is 14.3. The molecule has 0 radical (unpaired) electrons. The van der Waals surface area contributed by atoms with Gasteiger partial charge in [-0.2, -0.15) is 0 Å². The number of nitro benzene ring substituents is 1. The van der Waals surface area contributed by atoms with Crippen molar-refractivity contribution in [1.29, 1.82) is 0 Å². The van der Waals surface area contributed by atoms with Gasteiger partial charge in [0.05, 0.1) is 4.92 Å². The minimum Gasteiger partial charge on any atom is -0.484 e. The molecule has 1 heterocycles. The number of benzene rings is 2. The highest BCUT2D eigenvalue weighted by atomic mass is 16.6. The van der Waals surface area contributed by atoms with E-state index in [4.69, 9.17) is 4.74 Å². The molecule has 2 aromatic rings. The second-order valence-electron chi connectivity index (χ2n) is 8.31. The third-order valence-corrected chi connectivity index (χ3v) is 5.00. The Morgan fingerprint density at radius 2 is 1.83 bits per heavy atom. The van der Waals surface area contributed by atoms with Crippen LogP contribution in [0.2, 0.25) is 0 Å². The zero-order valence-corrected chi connectivity index (χ0v) is 17.6. The van der Waals surface area contributed by atoms with Crippen LogP contribution in [0.3, 0.4) is 0 Å². The van der Waals surface area contributed by atoms with E-state index >= 15 is 0 Å². The van der Waals surface area contributed by atoms with Crippen molar-refractivity contribution in [3.8, 4) is 5.75 Å². The lowest BCUT2D eigenvalue weighted by atomic mass is 9.87. The van der Waals surface area contributed by atoms with Crippen molar-refractivity contribution < 1.29 is 14.5 Å². The molecular weight excluding hydrogens is 384 g/mol. The number of carbonyl (C=O) groups is 1. The van der Waals surface area contributed by atoms with Crippen LogP contribution in [0.5, 0.6) is 5.75 Å². The Balaban J connectivity index is 1.62. The summed E-state index contributed by atoms with van der Waals surface area (Å²) in [6.07, 6.45) is 0. The molecule has 1 aliphatic rings. The lowest BCUT2D eigenvalue weighted by Gasteiger charge is -2.29. The maximum atomic E-state index is 12.3. The summed E-state index contributed by atoms with van der Waals surface area (Å²) in [5, 5.41) is 17.4. The quantitative estimate of drug-likeness (QED) is 0.558. The van der Waals surface area contributed by atoms with Gasteiger partial charge >= 0.3 is 0 Å². The van der Waals surface area contributed by atoms with Crippen molar-refractivity contribution in [2.75, 3.05) is 43.0 Å². The van der Waals surface area contributed by atoms with Crippen LogP contribution < -0.4 is 20.3 Å². The van der Waals surface area contributed by atoms with Gasteiger partial charge in [0.1, 0.15) is 11.4 Å². The summed E-state index contributed by atoms with van der Waals surface area (Å²) in [6.45, 7) is 9.17. The molecule has 160 valence electrons. The summed E-state index contributed by atoms with van der Waals surface area (Å²) >= 11 is 0. The molecule has 30 heavy (non-hydrogen) atoms. The monoisotopic (exact) mass is 412 g/mol. The highest BCUT2D eigenvalue weighted by Crippen LogP contribution is 2.31. The number of rotatable bonds is 6. The standard InChI is InChI=1S/C22H28N4O4/c1-22(2,3)16-4-7-18(8-5-16)30-15-21(27)24-17-6-9-19(20(14-17)26(28)29)25-12-10-23-11-13-25/h4-9,14,23H,10-13,15H2,1-3H3,(H,24,27). The van der Waals surface area contributed by atoms with Crippen molar-refractivity contribution >= 4 is 23.0 Å². The van der Waals surface area contributed by atoms with Gasteiger partial charge in [0.25, 0.3) is 11.6 Å². The Morgan fingerprint density at radius 1 is 1.17 bits per heavy atom. The number of nitro groups is 1. The molecule has 0 aromatic heterocycles. The molecule has 0 spiro atoms. The largest absolute Gasteiger partial charge is 0.484 e. The van der Waals surface area contributed by atoms with Gasteiger partial charge in [0, 0.05) is 37.9 Å². The number of piperazine rings is 1. The molecule has 2 N–H and O–H groups in total. The molecule has 0 unspecified atom stereocenters. The van der Waals surface area contributed by atoms with Gasteiger partial charge in [-0.25, -0.2) is 0 Å². The summed E-state index contributed by atoms with van der Waals surface area (Å²) in [7, 11) is 0. The summed E-state index contributed by atoms with van der Waals surface area (Å²) in [4.78, 5) is 25.4. The molecule has 1 fully saturated rings. The number of ether oxygens (including phenoxy) is 1. The van der Waals surface area contributed by atoms with Crippen LogP contribution in [0.15, 0.2) is 42.5 Å². The van der Waals surface area contributed by atoms with Crippen LogP contribution in [0.25, 0.3) is 0 Å². The fourth-order valence-corrected chi connectivity index (χ4v) is 3.32. The van der Waals surface area contributed by atoms with E-state index in [1.807, 2.05) is 29.2 Å². The zero-order chi connectivity index (χ0) is 21.7. The molecule has 1 amide bonds. The lowest BCUT2D eigenvalue weighted by molar-refractivity contribution is -0.384. The number of nitrogens with zero attached hydrogens (tertiary/aromatic N) is 2. The first-order valence-electron chi connectivity index (χ1n) is 10.0. The molecule has 0 aliphatic carbocycles. The Morgan fingerprint density at radius 3 is 2.43 bits per heavy atom. The molecule has 1 saturated heterocycles. The van der Waals surface area contributed by atoms with E-state index in [1.165, 1.54) is 11.6 Å². The SMILES string of the molecule is CC(C)(C)c1ccc(OCC(=O)Nc2ccc(N3CCNCC3)c([N+](=O)[O-])c2)cc1. The van der Waals surface area contributed by atoms with E-state index in [9.17, 15) is 14.9 Å². The van der Waals surface area contributed by atoms with Gasteiger partial charge < -0.3 is 20.3 Å². The smallest absolute Gasteiger partial charge is 0.294 e. The van der Waals surface area contributed by atoms with Crippen LogP contribution in [-0.4, -0.2) is 43.6 Å². The molecule has 1 aliphatic heterocycles. The van der Waals surface area contributed by atoms with Crippen molar-refractivity contribution in [2.24, 2.45) is 0 Å². The average Bonchev–Trinajstić information content (AvgIpc) is 2.72. The fraction of sp³-hybridized carbons (Fsp3) is 0.409. The van der Waals surface area contributed by atoms with E-state index in [0.717, 1.165) is 13.1 Å². The molecule has 0 saturated carbocycles. The second-order valence-corrected chi connectivity index (χ2v) is 8.31. The minimum atomic E-state index is -0.416. The zero-order valence-electron chi connectivity index (χ0n) is 17.6. The Labute approximate surface area is 176 Å². The van der Waals surface area contributed by atoms with E-state index < -0.39 is 4.92 Å². The summed E-state index contributed by atoms with van der Waals surface area (Å²) in [5.74, 6) is 0.220. The van der Waals surface area contributed by atoms with Crippen LogP contribution in [0.4, 0.5) is 17.1 Å². The molecule has 2 aromatic carbocycles. The topological polar surface area (TPSA) is 96.7 Å². The number of carbonyl (C=O) groups excluding carboxylic acids is 1. The third-order valence-electron chi connectivity index (χ3n) is 5.00. The third kappa shape index (κ3) is 5.48. The number of hydrogen-bond donors (Lipinski definition) is 2. The number of hydrogen-bond acceptors (Lipinski definition) is 6. The first kappa shape index (κ1) is 21.6. The Bertz CT molecular complexity index is 900. The number of anilines is 2. The van der Waals surface area contributed by atoms with Crippen LogP contribution >= 0.6 is 0 Å². The van der Waals surface area contributed by atoms with E-state index in [0.29, 0.717) is 30.2 Å². The van der Waals surface area contributed by atoms with Crippen molar-refractivity contribution in [2.45, 2.75) is 26.2 Å². The molecule has 8 nitrogen and oxygen atoms in total. The maximum absolute atomic E-state index is 12.3. The Hall–Kier alpha value is -3.13. The predicted molar refractivity (Wildman–Crippen MR) is 117 cm³/mol. The van der Waals surface area contributed by atoms with Gasteiger partial charge in [0.15, 0.2) is 6.61 Å². The molecule has 0 atom stereocenters. The highest BCUT2D eigenvalue weighted by molar-refractivity contribution is 5.92. The van der Waals surface area contributed by atoms with Crippen molar-refractivity contribution in [3.05, 3.63) is 58.1 Å². The van der Waals surface area contributed by atoms with Gasteiger partial charge in [-0.15, -0.1) is 0 Å². The van der Waals surface area contributed by atoms with Crippen molar-refractivity contribution in [3.63, 3.8) is 0 Å². The lowest BCUT2D eigenvalue weighted by Crippen LogP contribution is -2.43. The average molecular weight is 412 g/mol. The van der Waals surface area contributed by atoms with Crippen LogP contribution in [0, 0.1) is 10.1 Å². The van der Waals surface area contributed by atoms with Crippen LogP contribution in [0.1, 0.15) is 26.3 Å². The number of nitrogens with one attached hydrogen (secondary N) is 2.